The first kappa shape index (κ1) is 29.2. The second kappa shape index (κ2) is 14.5. The first-order chi connectivity index (χ1) is 17.4. The minimum Gasteiger partial charge on any atom is -0.367 e. The standard InChI is InChI=1S/C26H34N6.2C2H6/c1-17(2)29-26-16-27-15-24(31-26)21-6-7-22-14-28-25(13-23(22)12-21)30-19(5)20-8-10-32(11-9-20)18(3)4;2*1-2/h6-7,12-18,20H,5,8-11H2,1-4H3,(H,28,30)(H,29,31);2*1-2H3. The summed E-state index contributed by atoms with van der Waals surface area (Å²) in [4.78, 5) is 16.2. The summed E-state index contributed by atoms with van der Waals surface area (Å²) in [7, 11) is 0. The van der Waals surface area contributed by atoms with Gasteiger partial charge in [0.2, 0.25) is 0 Å². The Morgan fingerprint density at radius 1 is 0.917 bits per heavy atom. The molecule has 1 aromatic carbocycles. The van der Waals surface area contributed by atoms with Crippen molar-refractivity contribution >= 4 is 22.4 Å². The molecule has 1 fully saturated rings. The average molecular weight is 491 g/mol. The molecule has 6 nitrogen and oxygen atoms in total. The molecule has 1 saturated heterocycles. The number of pyridine rings is 1. The minimum atomic E-state index is 0.307. The van der Waals surface area contributed by atoms with E-state index in [1.165, 1.54) is 0 Å². The van der Waals surface area contributed by atoms with Gasteiger partial charge in [-0.25, -0.2) is 9.97 Å². The smallest absolute Gasteiger partial charge is 0.145 e. The highest BCUT2D eigenvalue weighted by molar-refractivity contribution is 5.88. The van der Waals surface area contributed by atoms with E-state index >= 15 is 0 Å². The maximum absolute atomic E-state index is 4.72. The maximum atomic E-state index is 4.72. The van der Waals surface area contributed by atoms with Crippen LogP contribution in [-0.2, 0) is 0 Å². The highest BCUT2D eigenvalue weighted by Crippen LogP contribution is 2.28. The van der Waals surface area contributed by atoms with Gasteiger partial charge in [0.05, 0.1) is 18.1 Å². The van der Waals surface area contributed by atoms with E-state index in [4.69, 9.17) is 4.98 Å². The van der Waals surface area contributed by atoms with Crippen LogP contribution in [0.4, 0.5) is 11.6 Å². The van der Waals surface area contributed by atoms with Crippen molar-refractivity contribution in [2.45, 2.75) is 80.3 Å². The van der Waals surface area contributed by atoms with Crippen molar-refractivity contribution in [2.75, 3.05) is 23.7 Å². The molecule has 0 saturated carbocycles. The zero-order chi connectivity index (χ0) is 26.7. The number of likely N-dealkylation sites (tertiary alicyclic amines) is 1. The van der Waals surface area contributed by atoms with Crippen LogP contribution >= 0.6 is 0 Å². The molecule has 2 aromatic heterocycles. The Morgan fingerprint density at radius 3 is 2.25 bits per heavy atom. The van der Waals surface area contributed by atoms with Crippen molar-refractivity contribution in [1.29, 1.82) is 0 Å². The lowest BCUT2D eigenvalue weighted by Gasteiger charge is -2.35. The summed E-state index contributed by atoms with van der Waals surface area (Å²) in [5.41, 5.74) is 2.95. The molecule has 0 aliphatic carbocycles. The third-order valence-corrected chi connectivity index (χ3v) is 6.13. The number of rotatable bonds is 7. The van der Waals surface area contributed by atoms with E-state index in [-0.39, 0.29) is 0 Å². The van der Waals surface area contributed by atoms with Gasteiger partial charge in [-0.1, -0.05) is 46.4 Å². The first-order valence-electron chi connectivity index (χ1n) is 13.6. The van der Waals surface area contributed by atoms with Gasteiger partial charge in [0.25, 0.3) is 0 Å². The van der Waals surface area contributed by atoms with Gasteiger partial charge in [-0.3, -0.25) is 4.98 Å². The number of fused-ring (bicyclic) bond motifs is 1. The number of piperidine rings is 1. The number of allylic oxidation sites excluding steroid dienone is 1. The van der Waals surface area contributed by atoms with Gasteiger partial charge < -0.3 is 15.5 Å². The second-order valence-electron chi connectivity index (χ2n) is 9.27. The molecule has 0 bridgehead atoms. The molecule has 1 aliphatic rings. The molecule has 0 atom stereocenters. The van der Waals surface area contributed by atoms with Gasteiger partial charge in [0.15, 0.2) is 0 Å². The summed E-state index contributed by atoms with van der Waals surface area (Å²) >= 11 is 0. The van der Waals surface area contributed by atoms with E-state index in [1.807, 2.05) is 33.9 Å². The first-order valence-corrected chi connectivity index (χ1v) is 13.6. The molecule has 0 unspecified atom stereocenters. The number of anilines is 2. The molecule has 6 heteroatoms. The quantitative estimate of drug-likeness (QED) is 0.355. The highest BCUT2D eigenvalue weighted by Gasteiger charge is 2.23. The van der Waals surface area contributed by atoms with Crippen LogP contribution in [0.3, 0.4) is 0 Å². The van der Waals surface area contributed by atoms with Crippen molar-refractivity contribution in [1.82, 2.24) is 19.9 Å². The minimum absolute atomic E-state index is 0.307. The topological polar surface area (TPSA) is 66.0 Å². The van der Waals surface area contributed by atoms with Crippen LogP contribution in [0, 0.1) is 5.92 Å². The Morgan fingerprint density at radius 2 is 1.61 bits per heavy atom. The number of nitrogens with zero attached hydrogens (tertiary/aromatic N) is 4. The summed E-state index contributed by atoms with van der Waals surface area (Å²) in [6.07, 6.45) is 7.76. The van der Waals surface area contributed by atoms with Gasteiger partial charge in [0.1, 0.15) is 11.6 Å². The second-order valence-corrected chi connectivity index (χ2v) is 9.27. The third-order valence-electron chi connectivity index (χ3n) is 6.13. The average Bonchev–Trinajstić information content (AvgIpc) is 2.90. The lowest BCUT2D eigenvalue weighted by atomic mass is 9.93. The van der Waals surface area contributed by atoms with Crippen molar-refractivity contribution in [2.24, 2.45) is 5.92 Å². The van der Waals surface area contributed by atoms with Crippen LogP contribution in [0.1, 0.15) is 68.2 Å². The lowest BCUT2D eigenvalue weighted by molar-refractivity contribution is 0.161. The van der Waals surface area contributed by atoms with Crippen molar-refractivity contribution in [3.8, 4) is 11.3 Å². The number of benzene rings is 1. The van der Waals surface area contributed by atoms with E-state index in [2.05, 4.69) is 84.0 Å². The van der Waals surface area contributed by atoms with Crippen LogP contribution in [0.25, 0.3) is 22.0 Å². The molecular formula is C30H46N6. The van der Waals surface area contributed by atoms with Crippen molar-refractivity contribution in [3.63, 3.8) is 0 Å². The molecule has 2 N–H and O–H groups in total. The number of hydrogen-bond donors (Lipinski definition) is 2. The largest absolute Gasteiger partial charge is 0.367 e. The summed E-state index contributed by atoms with van der Waals surface area (Å²) < 4.78 is 0. The third kappa shape index (κ3) is 8.02. The van der Waals surface area contributed by atoms with Crippen LogP contribution in [0.5, 0.6) is 0 Å². The molecule has 3 aromatic rings. The molecule has 0 amide bonds. The van der Waals surface area contributed by atoms with Crippen molar-refractivity contribution in [3.05, 3.63) is 55.1 Å². The number of nitrogens with one attached hydrogen (secondary N) is 2. The number of hydrogen-bond acceptors (Lipinski definition) is 6. The van der Waals surface area contributed by atoms with Crippen LogP contribution < -0.4 is 10.6 Å². The normalized spacial score (nSPS) is 14.1. The molecule has 196 valence electrons. The van der Waals surface area contributed by atoms with Gasteiger partial charge >= 0.3 is 0 Å². The molecular weight excluding hydrogens is 444 g/mol. The zero-order valence-corrected chi connectivity index (χ0v) is 23.6. The van der Waals surface area contributed by atoms with Gasteiger partial charge in [-0.05, 0) is 71.1 Å². The van der Waals surface area contributed by atoms with Gasteiger partial charge in [0, 0.05) is 40.8 Å². The maximum Gasteiger partial charge on any atom is 0.145 e. The molecule has 1 aliphatic heterocycles. The fourth-order valence-electron chi connectivity index (χ4n) is 4.27. The predicted octanol–water partition coefficient (Wildman–Crippen LogP) is 7.61. The summed E-state index contributed by atoms with van der Waals surface area (Å²) in [5, 5.41) is 9.01. The van der Waals surface area contributed by atoms with E-state index in [1.54, 1.807) is 12.4 Å². The highest BCUT2D eigenvalue weighted by atomic mass is 15.2. The zero-order valence-electron chi connectivity index (χ0n) is 23.6. The number of aromatic nitrogens is 3. The molecule has 4 rings (SSSR count). The molecule has 36 heavy (non-hydrogen) atoms. The Kier molecular flexibility index (Phi) is 11.8. The SMILES string of the molecule is C=C(Nc1cc2cc(-c3cncc(NC(C)C)n3)ccc2cn1)C1CCN(C(C)C)CC1.CC.CC. The fourth-order valence-corrected chi connectivity index (χ4v) is 4.27. The lowest BCUT2D eigenvalue weighted by Crippen LogP contribution is -2.39. The monoisotopic (exact) mass is 490 g/mol. The summed E-state index contributed by atoms with van der Waals surface area (Å²) in [5.74, 6) is 2.11. The molecule has 0 radical (unpaired) electrons. The van der Waals surface area contributed by atoms with E-state index in [9.17, 15) is 0 Å². The van der Waals surface area contributed by atoms with E-state index < -0.39 is 0 Å². The Hall–Kier alpha value is -2.99. The van der Waals surface area contributed by atoms with Crippen LogP contribution in [0.15, 0.2) is 55.1 Å². The van der Waals surface area contributed by atoms with Gasteiger partial charge in [-0.15, -0.1) is 0 Å². The van der Waals surface area contributed by atoms with Crippen molar-refractivity contribution < 1.29 is 0 Å². The Bertz CT molecular complexity index is 1080. The van der Waals surface area contributed by atoms with Crippen LogP contribution in [0.2, 0.25) is 0 Å². The van der Waals surface area contributed by atoms with Gasteiger partial charge in [-0.2, -0.15) is 0 Å². The molecule has 0 spiro atoms. The Labute approximate surface area is 218 Å². The van der Waals surface area contributed by atoms with Crippen LogP contribution in [-0.4, -0.2) is 45.0 Å². The summed E-state index contributed by atoms with van der Waals surface area (Å²) in [6.45, 7) is 23.3. The Balaban J connectivity index is 0.00000109. The summed E-state index contributed by atoms with van der Waals surface area (Å²) in [6, 6.07) is 9.32. The predicted molar refractivity (Wildman–Crippen MR) is 156 cm³/mol. The fraction of sp³-hybridized carbons (Fsp3) is 0.500. The molecule has 3 heterocycles. The van der Waals surface area contributed by atoms with E-state index in [0.29, 0.717) is 18.0 Å². The van der Waals surface area contributed by atoms with E-state index in [0.717, 1.165) is 65.3 Å².